The van der Waals surface area contributed by atoms with Gasteiger partial charge in [-0.1, -0.05) is 11.6 Å². The lowest BCUT2D eigenvalue weighted by molar-refractivity contribution is -0.385. The number of halogens is 3. The molecule has 2 rings (SSSR count). The molecule has 10 nitrogen and oxygen atoms in total. The molecule has 0 atom stereocenters. The topological polar surface area (TPSA) is 156 Å². The van der Waals surface area contributed by atoms with Crippen molar-refractivity contribution in [1.82, 2.24) is 0 Å². The van der Waals surface area contributed by atoms with Crippen LogP contribution in [0.25, 0.3) is 0 Å². The van der Waals surface area contributed by atoms with Gasteiger partial charge in [0.05, 0.1) is 21.3 Å². The van der Waals surface area contributed by atoms with Gasteiger partial charge in [0.2, 0.25) is 5.75 Å². The lowest BCUT2D eigenvalue weighted by atomic mass is 10.2. The molecule has 2 aromatic rings. The lowest BCUT2D eigenvalue weighted by Gasteiger charge is -2.02. The minimum atomic E-state index is -5.40. The first-order valence-electron chi connectivity index (χ1n) is 6.42. The van der Waals surface area contributed by atoms with Crippen molar-refractivity contribution in [1.29, 1.82) is 0 Å². The SMILES string of the molecule is O=[N+]([O-])c1cc(N=Nc2cc(S(=O)(=O)F)cc(S(=O)(=O)F)c2)cc(Cl)c1O. The zero-order valence-electron chi connectivity index (χ0n) is 12.6. The average Bonchev–Trinajstić information content (AvgIpc) is 2.53. The Balaban J connectivity index is 2.59. The van der Waals surface area contributed by atoms with Crippen molar-refractivity contribution in [2.24, 2.45) is 10.2 Å². The first kappa shape index (κ1) is 20.6. The van der Waals surface area contributed by atoms with Crippen LogP contribution in [0, 0.1) is 10.1 Å². The van der Waals surface area contributed by atoms with Crippen LogP contribution in [0.5, 0.6) is 5.75 Å². The highest BCUT2D eigenvalue weighted by Crippen LogP contribution is 2.38. The summed E-state index contributed by atoms with van der Waals surface area (Å²) in [5.41, 5.74) is -1.69. The van der Waals surface area contributed by atoms with Gasteiger partial charge in [-0.15, -0.1) is 7.77 Å². The molecule has 15 heteroatoms. The van der Waals surface area contributed by atoms with Crippen molar-refractivity contribution in [3.8, 4) is 5.75 Å². The Bertz CT molecular complexity index is 1130. The van der Waals surface area contributed by atoms with Gasteiger partial charge in [-0.3, -0.25) is 10.1 Å². The summed E-state index contributed by atoms with van der Waals surface area (Å²) in [4.78, 5) is 7.46. The number of phenols is 1. The van der Waals surface area contributed by atoms with Gasteiger partial charge >= 0.3 is 26.1 Å². The van der Waals surface area contributed by atoms with Crippen LogP contribution < -0.4 is 0 Å². The predicted molar refractivity (Wildman–Crippen MR) is 87.0 cm³/mol. The first-order chi connectivity index (χ1) is 12.3. The van der Waals surface area contributed by atoms with Crippen LogP contribution in [0.15, 0.2) is 50.4 Å². The molecule has 0 aromatic heterocycles. The van der Waals surface area contributed by atoms with E-state index in [9.17, 15) is 39.8 Å². The summed E-state index contributed by atoms with van der Waals surface area (Å²) >= 11 is 5.60. The quantitative estimate of drug-likeness (QED) is 0.321. The molecule has 0 saturated heterocycles. The molecule has 0 heterocycles. The highest BCUT2D eigenvalue weighted by atomic mass is 35.5. The van der Waals surface area contributed by atoms with E-state index in [-0.39, 0.29) is 11.8 Å². The Kier molecular flexibility index (Phi) is 5.44. The fourth-order valence-electron chi connectivity index (χ4n) is 1.78. The van der Waals surface area contributed by atoms with E-state index in [1.807, 2.05) is 0 Å². The minimum Gasteiger partial charge on any atom is -0.501 e. The van der Waals surface area contributed by atoms with E-state index in [1.54, 1.807) is 0 Å². The molecule has 0 radical (unpaired) electrons. The van der Waals surface area contributed by atoms with Gasteiger partial charge in [0.1, 0.15) is 9.79 Å². The fourth-order valence-corrected chi connectivity index (χ4v) is 3.12. The van der Waals surface area contributed by atoms with Crippen LogP contribution in [0.2, 0.25) is 5.02 Å². The zero-order chi connectivity index (χ0) is 20.6. The third kappa shape index (κ3) is 4.93. The maximum Gasteiger partial charge on any atom is 0.332 e. The van der Waals surface area contributed by atoms with Gasteiger partial charge in [-0.2, -0.15) is 27.1 Å². The van der Waals surface area contributed by atoms with Crippen molar-refractivity contribution in [2.75, 3.05) is 0 Å². The molecule has 0 aliphatic carbocycles. The molecule has 2 aromatic carbocycles. The highest BCUT2D eigenvalue weighted by molar-refractivity contribution is 7.87. The molecule has 0 fully saturated rings. The van der Waals surface area contributed by atoms with Gasteiger partial charge < -0.3 is 5.11 Å². The number of hydrogen-bond acceptors (Lipinski definition) is 9. The molecule has 144 valence electrons. The van der Waals surface area contributed by atoms with Crippen LogP contribution in [0.1, 0.15) is 0 Å². The predicted octanol–water partition coefficient (Wildman–Crippen LogP) is 3.69. The van der Waals surface area contributed by atoms with E-state index in [1.165, 1.54) is 0 Å². The zero-order valence-corrected chi connectivity index (χ0v) is 15.0. The van der Waals surface area contributed by atoms with E-state index < -0.39 is 57.3 Å². The fraction of sp³-hybridized carbons (Fsp3) is 0. The summed E-state index contributed by atoms with van der Waals surface area (Å²) in [6.45, 7) is 0. The molecule has 0 unspecified atom stereocenters. The number of benzene rings is 2. The van der Waals surface area contributed by atoms with E-state index in [0.29, 0.717) is 12.1 Å². The van der Waals surface area contributed by atoms with E-state index in [2.05, 4.69) is 10.2 Å². The smallest absolute Gasteiger partial charge is 0.332 e. The maximum absolute atomic E-state index is 13.1. The average molecular weight is 442 g/mol. The Morgan fingerprint density at radius 1 is 0.926 bits per heavy atom. The van der Waals surface area contributed by atoms with Crippen molar-refractivity contribution in [3.63, 3.8) is 0 Å². The number of rotatable bonds is 5. The Morgan fingerprint density at radius 2 is 1.37 bits per heavy atom. The number of phenolic OH excluding ortho intramolecular Hbond substituents is 1. The molecule has 1 N–H and O–H groups in total. The Labute approximate surface area is 155 Å². The molecular weight excluding hydrogens is 436 g/mol. The van der Waals surface area contributed by atoms with Crippen molar-refractivity contribution >= 4 is 49.1 Å². The van der Waals surface area contributed by atoms with Gasteiger partial charge in [0.25, 0.3) is 0 Å². The summed E-state index contributed by atoms with van der Waals surface area (Å²) in [7, 11) is -10.8. The summed E-state index contributed by atoms with van der Waals surface area (Å²) in [6, 6.07) is 3.07. The van der Waals surface area contributed by atoms with Gasteiger partial charge in [0.15, 0.2) is 0 Å². The number of aromatic hydroxyl groups is 1. The number of azo groups is 1. The third-order valence-electron chi connectivity index (χ3n) is 2.93. The second kappa shape index (κ2) is 7.13. The second-order valence-corrected chi connectivity index (χ2v) is 7.89. The molecule has 27 heavy (non-hydrogen) atoms. The third-order valence-corrected chi connectivity index (χ3v) is 4.82. The number of nitro groups is 1. The van der Waals surface area contributed by atoms with Gasteiger partial charge in [-0.05, 0) is 24.3 Å². The summed E-state index contributed by atoms with van der Waals surface area (Å²) in [6.07, 6.45) is 0. The molecular formula is C12H6ClF2N3O7S2. The number of nitro benzene ring substituents is 1. The summed E-state index contributed by atoms with van der Waals surface area (Å²) in [5, 5.41) is 26.7. The van der Waals surface area contributed by atoms with E-state index in [4.69, 9.17) is 11.6 Å². The minimum absolute atomic E-state index is 0.242. The van der Waals surface area contributed by atoms with E-state index >= 15 is 0 Å². The van der Waals surface area contributed by atoms with Crippen LogP contribution in [0.4, 0.5) is 24.8 Å². The molecule has 0 aliphatic heterocycles. The van der Waals surface area contributed by atoms with Gasteiger partial charge in [0, 0.05) is 6.07 Å². The maximum atomic E-state index is 13.1. The van der Waals surface area contributed by atoms with Crippen molar-refractivity contribution < 1.29 is 34.6 Å². The lowest BCUT2D eigenvalue weighted by Crippen LogP contribution is -1.97. The second-order valence-electron chi connectivity index (χ2n) is 4.79. The highest BCUT2D eigenvalue weighted by Gasteiger charge is 2.21. The molecule has 0 saturated carbocycles. The Hall–Kier alpha value is -2.71. The summed E-state index contributed by atoms with van der Waals surface area (Å²) < 4.78 is 70.1. The first-order valence-corrected chi connectivity index (χ1v) is 9.56. The molecule has 0 spiro atoms. The van der Waals surface area contributed by atoms with E-state index in [0.717, 1.165) is 12.1 Å². The molecule has 0 aliphatic rings. The van der Waals surface area contributed by atoms with Crippen LogP contribution in [-0.4, -0.2) is 26.9 Å². The molecule has 0 amide bonds. The van der Waals surface area contributed by atoms with Crippen molar-refractivity contribution in [3.05, 3.63) is 45.5 Å². The van der Waals surface area contributed by atoms with Crippen LogP contribution in [-0.2, 0) is 20.4 Å². The molecule has 0 bridgehead atoms. The summed E-state index contributed by atoms with van der Waals surface area (Å²) in [5.74, 6) is -0.836. The monoisotopic (exact) mass is 441 g/mol. The normalized spacial score (nSPS) is 12.4. The number of hydrogen-bond donors (Lipinski definition) is 1. The Morgan fingerprint density at radius 3 is 1.78 bits per heavy atom. The van der Waals surface area contributed by atoms with Gasteiger partial charge in [-0.25, -0.2) is 0 Å². The standard InChI is InChI=1S/C12H6ClF2N3O7S2/c13-10-3-7(4-11(12(10)19)18(20)21)17-16-6-1-8(26(14,22)23)5-9(2-6)27(15,24)25/h1-5,19H. The van der Waals surface area contributed by atoms with Crippen molar-refractivity contribution in [2.45, 2.75) is 9.79 Å². The van der Waals surface area contributed by atoms with Crippen LogP contribution in [0.3, 0.4) is 0 Å². The van der Waals surface area contributed by atoms with Crippen LogP contribution >= 0.6 is 11.6 Å². The largest absolute Gasteiger partial charge is 0.501 e. The number of nitrogens with zero attached hydrogens (tertiary/aromatic N) is 3.